The number of allylic oxidation sites excluding steroid dienone is 2. The third-order valence-electron chi connectivity index (χ3n) is 7.87. The summed E-state index contributed by atoms with van der Waals surface area (Å²) in [5.74, 6) is -0.528. The van der Waals surface area contributed by atoms with Crippen molar-refractivity contribution >= 4 is 11.9 Å². The van der Waals surface area contributed by atoms with Gasteiger partial charge in [0.05, 0.1) is 5.41 Å². The molecule has 0 unspecified atom stereocenters. The van der Waals surface area contributed by atoms with Crippen molar-refractivity contribution < 1.29 is 19.4 Å². The van der Waals surface area contributed by atoms with Crippen LogP contribution in [-0.4, -0.2) is 23.1 Å². The summed E-state index contributed by atoms with van der Waals surface area (Å²) >= 11 is 0. The van der Waals surface area contributed by atoms with E-state index in [1.807, 2.05) is 13.0 Å². The number of hydrogen-bond donors (Lipinski definition) is 1. The first-order valence-corrected chi connectivity index (χ1v) is 9.80. The lowest BCUT2D eigenvalue weighted by molar-refractivity contribution is -0.167. The number of carbonyl (C=O) groups is 2. The van der Waals surface area contributed by atoms with E-state index >= 15 is 0 Å². The molecule has 0 radical (unpaired) electrons. The molecule has 0 aliphatic heterocycles. The zero-order valence-corrected chi connectivity index (χ0v) is 16.5. The van der Waals surface area contributed by atoms with E-state index in [2.05, 4.69) is 26.5 Å². The molecule has 0 heterocycles. The van der Waals surface area contributed by atoms with E-state index in [9.17, 15) is 14.7 Å². The molecule has 3 aliphatic carbocycles. The van der Waals surface area contributed by atoms with Gasteiger partial charge < -0.3 is 9.84 Å². The number of carboxylic acid groups (broad SMARTS) is 1. The van der Waals surface area contributed by atoms with Gasteiger partial charge in [0.1, 0.15) is 6.10 Å². The van der Waals surface area contributed by atoms with Crippen molar-refractivity contribution in [3.8, 4) is 0 Å². The molecule has 0 amide bonds. The average molecular weight is 360 g/mol. The zero-order valence-electron chi connectivity index (χ0n) is 16.5. The van der Waals surface area contributed by atoms with Crippen LogP contribution in [0.1, 0.15) is 66.2 Å². The number of rotatable bonds is 3. The van der Waals surface area contributed by atoms with Crippen molar-refractivity contribution in [2.45, 2.75) is 72.3 Å². The predicted molar refractivity (Wildman–Crippen MR) is 100 cm³/mol. The van der Waals surface area contributed by atoms with Gasteiger partial charge in [-0.2, -0.15) is 0 Å². The van der Waals surface area contributed by atoms with E-state index in [0.29, 0.717) is 0 Å². The van der Waals surface area contributed by atoms with Gasteiger partial charge in [0.25, 0.3) is 0 Å². The Hall–Kier alpha value is -1.58. The zero-order chi connectivity index (χ0) is 19.3. The summed E-state index contributed by atoms with van der Waals surface area (Å²) in [6.07, 6.45) is 9.17. The fourth-order valence-corrected chi connectivity index (χ4v) is 6.19. The molecule has 0 aromatic carbocycles. The van der Waals surface area contributed by atoms with Crippen LogP contribution >= 0.6 is 0 Å². The molecular formula is C22H32O4. The first-order valence-electron chi connectivity index (χ1n) is 9.80. The monoisotopic (exact) mass is 360 g/mol. The van der Waals surface area contributed by atoms with Gasteiger partial charge in [0.2, 0.25) is 0 Å². The summed E-state index contributed by atoms with van der Waals surface area (Å²) in [6, 6.07) is 0. The Balaban J connectivity index is 2.01. The van der Waals surface area contributed by atoms with Crippen LogP contribution in [0.15, 0.2) is 24.3 Å². The summed E-state index contributed by atoms with van der Waals surface area (Å²) in [7, 11) is 0. The Morgan fingerprint density at radius 1 is 1.31 bits per heavy atom. The number of carbonyl (C=O) groups excluding carboxylic acids is 1. The van der Waals surface area contributed by atoms with E-state index in [-0.39, 0.29) is 34.7 Å². The fraction of sp³-hybridized carbons (Fsp3) is 0.727. The van der Waals surface area contributed by atoms with Crippen LogP contribution < -0.4 is 0 Å². The maximum absolute atomic E-state index is 12.1. The summed E-state index contributed by atoms with van der Waals surface area (Å²) in [6.45, 7) is 11.8. The third kappa shape index (κ3) is 2.73. The lowest BCUT2D eigenvalue weighted by Crippen LogP contribution is -2.55. The molecule has 1 N–H and O–H groups in total. The number of carboxylic acids is 1. The number of aliphatic carboxylic acids is 1. The topological polar surface area (TPSA) is 63.6 Å². The molecule has 3 aliphatic rings. The maximum Gasteiger partial charge on any atom is 0.309 e. The molecule has 4 nitrogen and oxygen atoms in total. The van der Waals surface area contributed by atoms with Crippen LogP contribution in [0.3, 0.4) is 0 Å². The van der Waals surface area contributed by atoms with Crippen LogP contribution in [-0.2, 0) is 14.3 Å². The minimum Gasteiger partial charge on any atom is -0.481 e. The highest BCUT2D eigenvalue weighted by Gasteiger charge is 2.59. The molecule has 2 fully saturated rings. The molecular weight excluding hydrogens is 328 g/mol. The maximum atomic E-state index is 12.1. The molecule has 0 saturated heterocycles. The van der Waals surface area contributed by atoms with Crippen molar-refractivity contribution in [1.82, 2.24) is 0 Å². The lowest BCUT2D eigenvalue weighted by atomic mass is 9.45. The van der Waals surface area contributed by atoms with Gasteiger partial charge >= 0.3 is 11.9 Å². The van der Waals surface area contributed by atoms with Crippen LogP contribution in [0.4, 0.5) is 0 Å². The Labute approximate surface area is 156 Å². The van der Waals surface area contributed by atoms with E-state index < -0.39 is 11.4 Å². The van der Waals surface area contributed by atoms with Gasteiger partial charge in [0, 0.05) is 12.3 Å². The highest BCUT2D eigenvalue weighted by Crippen LogP contribution is 2.64. The fourth-order valence-electron chi connectivity index (χ4n) is 6.19. The largest absolute Gasteiger partial charge is 0.481 e. The van der Waals surface area contributed by atoms with Crippen molar-refractivity contribution in [3.05, 3.63) is 24.3 Å². The van der Waals surface area contributed by atoms with Gasteiger partial charge in [-0.05, 0) is 56.3 Å². The Morgan fingerprint density at radius 3 is 2.58 bits per heavy atom. The molecule has 4 heteroatoms. The SMILES string of the molecule is C=C[C@]1(C)CC2=CC[C@@H]3[C@@](C)(CCC[C@@]3(C)C(=O)O)[C@H]2C[C@@H]1OC(C)=O. The summed E-state index contributed by atoms with van der Waals surface area (Å²) < 4.78 is 5.72. The van der Waals surface area contributed by atoms with Crippen LogP contribution in [0.2, 0.25) is 0 Å². The summed E-state index contributed by atoms with van der Waals surface area (Å²) in [5, 5.41) is 9.94. The molecule has 0 bridgehead atoms. The van der Waals surface area contributed by atoms with Crippen molar-refractivity contribution in [3.63, 3.8) is 0 Å². The van der Waals surface area contributed by atoms with E-state index in [0.717, 1.165) is 38.5 Å². The van der Waals surface area contributed by atoms with Crippen molar-refractivity contribution in [2.24, 2.45) is 28.1 Å². The second-order valence-corrected chi connectivity index (χ2v) is 9.42. The molecule has 0 aromatic rings. The number of esters is 1. The molecule has 144 valence electrons. The second-order valence-electron chi connectivity index (χ2n) is 9.42. The number of fused-ring (bicyclic) bond motifs is 3. The molecule has 0 spiro atoms. The first-order chi connectivity index (χ1) is 12.1. The quantitative estimate of drug-likeness (QED) is 0.583. The normalized spacial score (nSPS) is 44.9. The first kappa shape index (κ1) is 19.2. The predicted octanol–water partition coefficient (Wildman–Crippen LogP) is 4.75. The summed E-state index contributed by atoms with van der Waals surface area (Å²) in [5.41, 5.74) is 0.410. The van der Waals surface area contributed by atoms with Crippen molar-refractivity contribution in [2.75, 3.05) is 0 Å². The molecule has 6 atom stereocenters. The van der Waals surface area contributed by atoms with Crippen LogP contribution in [0.5, 0.6) is 0 Å². The number of hydrogen-bond acceptors (Lipinski definition) is 3. The van der Waals surface area contributed by atoms with Gasteiger partial charge in [-0.15, -0.1) is 6.58 Å². The van der Waals surface area contributed by atoms with E-state index in [1.54, 1.807) is 0 Å². The Morgan fingerprint density at radius 2 is 2.00 bits per heavy atom. The van der Waals surface area contributed by atoms with E-state index in [4.69, 9.17) is 4.74 Å². The van der Waals surface area contributed by atoms with Gasteiger partial charge in [-0.1, -0.05) is 38.0 Å². The minimum absolute atomic E-state index is 0.0592. The molecule has 0 aromatic heterocycles. The highest BCUT2D eigenvalue weighted by atomic mass is 16.5. The standard InChI is InChI=1S/C22H32O4/c1-6-20(3)13-15-8-9-17-21(4,10-7-11-22(17,5)19(24)25)16(15)12-18(20)26-14(2)23/h6,8,16-18H,1,7,9-13H2,2-5H3,(H,24,25)/t16-,17+,18-,20+,21-,22+/m0/s1. The van der Waals surface area contributed by atoms with Crippen LogP contribution in [0, 0.1) is 28.1 Å². The second kappa shape index (κ2) is 6.24. The molecule has 3 rings (SSSR count). The highest BCUT2D eigenvalue weighted by molar-refractivity contribution is 5.75. The Kier molecular flexibility index (Phi) is 4.61. The van der Waals surface area contributed by atoms with Gasteiger partial charge in [0.15, 0.2) is 0 Å². The Bertz CT molecular complexity index is 665. The van der Waals surface area contributed by atoms with Gasteiger partial charge in [-0.3, -0.25) is 9.59 Å². The minimum atomic E-state index is -0.675. The number of ether oxygens (including phenoxy) is 1. The van der Waals surface area contributed by atoms with Crippen LogP contribution in [0.25, 0.3) is 0 Å². The van der Waals surface area contributed by atoms with Crippen molar-refractivity contribution in [1.29, 1.82) is 0 Å². The summed E-state index contributed by atoms with van der Waals surface area (Å²) in [4.78, 5) is 23.8. The molecule has 26 heavy (non-hydrogen) atoms. The third-order valence-corrected chi connectivity index (χ3v) is 7.87. The van der Waals surface area contributed by atoms with E-state index in [1.165, 1.54) is 12.5 Å². The molecule has 2 saturated carbocycles. The average Bonchev–Trinajstić information content (AvgIpc) is 2.55. The lowest BCUT2D eigenvalue weighted by Gasteiger charge is -2.59. The smallest absolute Gasteiger partial charge is 0.309 e. The van der Waals surface area contributed by atoms with Gasteiger partial charge in [-0.25, -0.2) is 0 Å².